The molecule has 204 valence electrons. The molecule has 0 aromatic carbocycles. The molecule has 0 rings (SSSR count). The molecule has 4 atom stereocenters. The van der Waals surface area contributed by atoms with Crippen LogP contribution in [0.3, 0.4) is 0 Å². The van der Waals surface area contributed by atoms with Crippen LogP contribution < -0.4 is 0 Å². The summed E-state index contributed by atoms with van der Waals surface area (Å²) in [4.78, 5) is 20.4. The molecule has 0 aromatic heterocycles. The van der Waals surface area contributed by atoms with Crippen molar-refractivity contribution in [3.05, 3.63) is 0 Å². The summed E-state index contributed by atoms with van der Waals surface area (Å²) in [5.41, 5.74) is 0. The van der Waals surface area contributed by atoms with Crippen LogP contribution in [0.5, 0.6) is 0 Å². The van der Waals surface area contributed by atoms with Gasteiger partial charge in [0.1, 0.15) is 18.3 Å². The van der Waals surface area contributed by atoms with Gasteiger partial charge in [0.2, 0.25) is 0 Å². The Balaban J connectivity index is -0.000000281. The third-order valence-corrected chi connectivity index (χ3v) is 5.50. The van der Waals surface area contributed by atoms with E-state index < -0.39 is 43.0 Å². The van der Waals surface area contributed by atoms with E-state index >= 15 is 0 Å². The zero-order valence-corrected chi connectivity index (χ0v) is 24.0. The van der Waals surface area contributed by atoms with Crippen LogP contribution in [0, 0.1) is 0 Å². The maximum Gasteiger partial charge on any atom is 0.335 e. The van der Waals surface area contributed by atoms with Crippen LogP contribution in [0.25, 0.3) is 0 Å². The standard InChI is InChI=1S/C18H36O2.C6H12O7.Mg.Zn.2H/c1-2-3-4-5-6-7-8-9-10-11-12-13-14-15-16-17-18(19)20;7-1-2(8)3(9)4(10)5(11)6(12)13;;;;/h2-17H2,1H3,(H,19,20);2-5,7-11H,1H2,(H,12,13);;;;. The minimum absolute atomic E-state index is 0. The number of carboxylic acids is 2. The van der Waals surface area contributed by atoms with Crippen LogP contribution in [-0.4, -0.2) is 102 Å². The van der Waals surface area contributed by atoms with Crippen LogP contribution in [0.2, 0.25) is 0 Å². The zero-order chi connectivity index (χ0) is 25.5. The largest absolute Gasteiger partial charge is 0.481 e. The molecule has 0 aliphatic rings. The van der Waals surface area contributed by atoms with Crippen molar-refractivity contribution >= 4 is 35.0 Å². The van der Waals surface area contributed by atoms with Gasteiger partial charge in [0.25, 0.3) is 0 Å². The van der Waals surface area contributed by atoms with Crippen molar-refractivity contribution in [1.29, 1.82) is 0 Å². The van der Waals surface area contributed by atoms with Crippen LogP contribution in [0.15, 0.2) is 0 Å². The predicted octanol–water partition coefficient (Wildman–Crippen LogP) is 1.92. The average Bonchev–Trinajstić information content (AvgIpc) is 2.79. The number of unbranched alkanes of at least 4 members (excludes halogenated alkanes) is 14. The van der Waals surface area contributed by atoms with E-state index in [-0.39, 0.29) is 42.5 Å². The van der Waals surface area contributed by atoms with E-state index in [4.69, 9.17) is 35.7 Å². The molecule has 0 heterocycles. The first-order valence-electron chi connectivity index (χ1n) is 12.5. The molecule has 35 heavy (non-hydrogen) atoms. The van der Waals surface area contributed by atoms with Crippen molar-refractivity contribution < 1.29 is 64.8 Å². The van der Waals surface area contributed by atoms with Gasteiger partial charge in [-0.05, 0) is 6.42 Å². The van der Waals surface area contributed by atoms with Gasteiger partial charge in [-0.25, -0.2) is 4.79 Å². The Morgan fingerprint density at radius 3 is 1.26 bits per heavy atom. The molecule has 0 aliphatic carbocycles. The molecule has 0 amide bonds. The SMILES string of the molecule is CCCCCCCCCCCCCCCCCC(=O)O.O=C(O)C(O)C(O)C(O)C(O)CO.[MgH2].[Zn]. The third-order valence-electron chi connectivity index (χ3n) is 5.50. The molecular weight excluding hydrogens is 522 g/mol. The Kier molecular flexibility index (Phi) is 36.6. The normalized spacial score (nSPS) is 13.8. The summed E-state index contributed by atoms with van der Waals surface area (Å²) >= 11 is 0. The molecule has 0 spiro atoms. The van der Waals surface area contributed by atoms with Gasteiger partial charge in [0, 0.05) is 25.9 Å². The van der Waals surface area contributed by atoms with E-state index in [2.05, 4.69) is 6.92 Å². The Labute approximate surface area is 239 Å². The minimum Gasteiger partial charge on any atom is -0.481 e. The first kappa shape index (κ1) is 42.2. The van der Waals surface area contributed by atoms with Crippen LogP contribution in [0.1, 0.15) is 110 Å². The first-order valence-corrected chi connectivity index (χ1v) is 12.5. The smallest absolute Gasteiger partial charge is 0.335 e. The summed E-state index contributed by atoms with van der Waals surface area (Å²) in [6.45, 7) is 1.43. The van der Waals surface area contributed by atoms with E-state index in [9.17, 15) is 9.59 Å². The molecule has 9 nitrogen and oxygen atoms in total. The van der Waals surface area contributed by atoms with Crippen molar-refractivity contribution in [1.82, 2.24) is 0 Å². The number of carboxylic acid groups (broad SMARTS) is 2. The van der Waals surface area contributed by atoms with Crippen LogP contribution >= 0.6 is 0 Å². The second-order valence-electron chi connectivity index (χ2n) is 8.61. The van der Waals surface area contributed by atoms with E-state index in [1.165, 1.54) is 83.5 Å². The van der Waals surface area contributed by atoms with Gasteiger partial charge >= 0.3 is 35.0 Å². The second-order valence-corrected chi connectivity index (χ2v) is 8.61. The zero-order valence-electron chi connectivity index (χ0n) is 21.0. The number of aliphatic carboxylic acids is 2. The van der Waals surface area contributed by atoms with Crippen molar-refractivity contribution in [2.45, 2.75) is 134 Å². The molecule has 0 aliphatic heterocycles. The summed E-state index contributed by atoms with van der Waals surface area (Å²) in [5, 5.41) is 60.3. The van der Waals surface area contributed by atoms with Crippen LogP contribution in [-0.2, 0) is 29.1 Å². The third kappa shape index (κ3) is 28.5. The molecule has 0 radical (unpaired) electrons. The Morgan fingerprint density at radius 2 is 0.971 bits per heavy atom. The number of carbonyl (C=O) groups is 2. The summed E-state index contributed by atoms with van der Waals surface area (Å²) in [5.74, 6) is -2.38. The second kappa shape index (κ2) is 30.4. The maximum atomic E-state index is 10.3. The van der Waals surface area contributed by atoms with Crippen molar-refractivity contribution in [2.24, 2.45) is 0 Å². The van der Waals surface area contributed by atoms with Crippen molar-refractivity contribution in [2.75, 3.05) is 6.61 Å². The summed E-state index contributed by atoms with van der Waals surface area (Å²) < 4.78 is 0. The summed E-state index contributed by atoms with van der Waals surface area (Å²) in [6.07, 6.45) is 12.4. The molecule has 0 fully saturated rings. The number of rotatable bonds is 21. The number of hydrogen-bond donors (Lipinski definition) is 7. The molecule has 0 aromatic rings. The minimum atomic E-state index is -2.20. The molecule has 11 heteroatoms. The molecule has 0 saturated heterocycles. The van der Waals surface area contributed by atoms with E-state index in [1.807, 2.05) is 0 Å². The summed E-state index contributed by atoms with van der Waals surface area (Å²) in [6, 6.07) is 0. The van der Waals surface area contributed by atoms with Crippen LogP contribution in [0.4, 0.5) is 0 Å². The van der Waals surface area contributed by atoms with Gasteiger partial charge in [-0.15, -0.1) is 0 Å². The Bertz CT molecular complexity index is 472. The van der Waals surface area contributed by atoms with E-state index in [0.29, 0.717) is 6.42 Å². The molecule has 7 N–H and O–H groups in total. The van der Waals surface area contributed by atoms with Gasteiger partial charge in [-0.1, -0.05) is 96.8 Å². The fourth-order valence-corrected chi connectivity index (χ4v) is 3.32. The van der Waals surface area contributed by atoms with E-state index in [1.54, 1.807) is 0 Å². The fourth-order valence-electron chi connectivity index (χ4n) is 3.32. The van der Waals surface area contributed by atoms with Gasteiger partial charge in [0.15, 0.2) is 6.10 Å². The topological polar surface area (TPSA) is 176 Å². The van der Waals surface area contributed by atoms with Crippen molar-refractivity contribution in [3.63, 3.8) is 0 Å². The predicted molar refractivity (Wildman–Crippen MR) is 134 cm³/mol. The molecule has 0 saturated carbocycles. The van der Waals surface area contributed by atoms with E-state index in [0.717, 1.165) is 12.8 Å². The average molecular weight is 572 g/mol. The van der Waals surface area contributed by atoms with Crippen molar-refractivity contribution in [3.8, 4) is 0 Å². The fraction of sp³-hybridized carbons (Fsp3) is 0.917. The van der Waals surface area contributed by atoms with Gasteiger partial charge in [0.05, 0.1) is 6.61 Å². The summed E-state index contributed by atoms with van der Waals surface area (Å²) in [7, 11) is 0. The number of hydrogen-bond acceptors (Lipinski definition) is 7. The molecule has 4 unspecified atom stereocenters. The molecule has 0 bridgehead atoms. The van der Waals surface area contributed by atoms with Gasteiger partial charge in [-0.2, -0.15) is 0 Å². The maximum absolute atomic E-state index is 10.3. The quantitative estimate of drug-likeness (QED) is 0.0801. The molecular formula is C24H50MgO9Zn. The first-order chi connectivity index (χ1) is 15.7. The Hall–Kier alpha value is 0.130. The number of aliphatic hydroxyl groups is 5. The van der Waals surface area contributed by atoms with Gasteiger partial charge in [-0.3, -0.25) is 4.79 Å². The monoisotopic (exact) mass is 570 g/mol. The Morgan fingerprint density at radius 1 is 0.629 bits per heavy atom. The number of aliphatic hydroxyl groups excluding tert-OH is 5. The van der Waals surface area contributed by atoms with Gasteiger partial charge < -0.3 is 35.7 Å².